The smallest absolute Gasteiger partial charge is 0.241 e. The molecule has 5 nitrogen and oxygen atoms in total. The summed E-state index contributed by atoms with van der Waals surface area (Å²) < 4.78 is 1.38. The summed E-state index contributed by atoms with van der Waals surface area (Å²) in [5.74, 6) is 0.291. The van der Waals surface area contributed by atoms with E-state index in [1.807, 2.05) is 6.92 Å². The number of nitrogens with two attached hydrogens (primary N) is 2. The summed E-state index contributed by atoms with van der Waals surface area (Å²) in [6.45, 7) is 1.83. The van der Waals surface area contributed by atoms with Gasteiger partial charge in [-0.3, -0.25) is 0 Å². The Morgan fingerprint density at radius 1 is 1.19 bits per heavy atom. The van der Waals surface area contributed by atoms with E-state index in [1.54, 1.807) is 12.1 Å². The van der Waals surface area contributed by atoms with Gasteiger partial charge in [-0.05, 0) is 24.6 Å². The Labute approximate surface area is 102 Å². The van der Waals surface area contributed by atoms with E-state index >= 15 is 0 Å². The van der Waals surface area contributed by atoms with Crippen LogP contribution in [0.4, 0.5) is 11.9 Å². The lowest BCUT2D eigenvalue weighted by atomic mass is 10.2. The second kappa shape index (κ2) is 3.84. The van der Waals surface area contributed by atoms with Gasteiger partial charge in [0, 0.05) is 10.0 Å². The van der Waals surface area contributed by atoms with Crippen LogP contribution in [0.1, 0.15) is 5.56 Å². The first-order chi connectivity index (χ1) is 7.49. The van der Waals surface area contributed by atoms with Crippen LogP contribution in [-0.4, -0.2) is 14.8 Å². The molecule has 0 unspecified atom stereocenters. The van der Waals surface area contributed by atoms with E-state index in [1.165, 1.54) is 4.68 Å². The Morgan fingerprint density at radius 2 is 1.75 bits per heavy atom. The van der Waals surface area contributed by atoms with Crippen LogP contribution in [0.2, 0.25) is 10.0 Å². The average Bonchev–Trinajstić information content (AvgIpc) is 2.53. The zero-order valence-electron chi connectivity index (χ0n) is 8.41. The molecule has 0 aliphatic heterocycles. The van der Waals surface area contributed by atoms with E-state index in [0.717, 1.165) is 5.56 Å². The molecule has 4 N–H and O–H groups in total. The van der Waals surface area contributed by atoms with Crippen molar-refractivity contribution in [3.05, 3.63) is 27.7 Å². The molecule has 0 fully saturated rings. The van der Waals surface area contributed by atoms with Gasteiger partial charge in [-0.15, -0.1) is 5.10 Å². The van der Waals surface area contributed by atoms with E-state index in [9.17, 15) is 0 Å². The van der Waals surface area contributed by atoms with Gasteiger partial charge in [-0.2, -0.15) is 9.67 Å². The van der Waals surface area contributed by atoms with Crippen molar-refractivity contribution in [2.45, 2.75) is 6.92 Å². The standard InChI is InChI=1S/C9H9Cl2N5/c1-4-6(10)2-5(3-7(4)11)16-9(13)14-8(12)15-16/h2-3H,1H3,(H4,12,13,14,15). The summed E-state index contributed by atoms with van der Waals surface area (Å²) in [7, 11) is 0. The van der Waals surface area contributed by atoms with Crippen LogP contribution in [0.5, 0.6) is 0 Å². The molecule has 1 aromatic heterocycles. The van der Waals surface area contributed by atoms with E-state index in [-0.39, 0.29) is 11.9 Å². The molecule has 0 amide bonds. The number of anilines is 2. The van der Waals surface area contributed by atoms with Gasteiger partial charge in [0.2, 0.25) is 11.9 Å². The Kier molecular flexibility index (Phi) is 2.65. The SMILES string of the molecule is Cc1c(Cl)cc(-n2nc(N)nc2N)cc1Cl. The molecule has 0 aliphatic rings. The van der Waals surface area contributed by atoms with Crippen molar-refractivity contribution in [2.24, 2.45) is 0 Å². The normalized spacial score (nSPS) is 10.7. The number of hydrogen-bond donors (Lipinski definition) is 2. The van der Waals surface area contributed by atoms with Gasteiger partial charge < -0.3 is 11.5 Å². The summed E-state index contributed by atoms with van der Waals surface area (Å²) in [5, 5.41) is 5.01. The highest BCUT2D eigenvalue weighted by molar-refractivity contribution is 6.36. The predicted molar refractivity (Wildman–Crippen MR) is 64.9 cm³/mol. The Hall–Kier alpha value is -1.46. The number of halogens is 2. The molecule has 0 spiro atoms. The van der Waals surface area contributed by atoms with Crippen LogP contribution >= 0.6 is 23.2 Å². The minimum absolute atomic E-state index is 0.102. The second-order valence-electron chi connectivity index (χ2n) is 3.27. The van der Waals surface area contributed by atoms with Crippen LogP contribution in [0.15, 0.2) is 12.1 Å². The first-order valence-corrected chi connectivity index (χ1v) is 5.18. The van der Waals surface area contributed by atoms with Gasteiger partial charge in [0.15, 0.2) is 0 Å². The highest BCUT2D eigenvalue weighted by Crippen LogP contribution is 2.27. The average molecular weight is 258 g/mol. The number of nitrogen functional groups attached to an aromatic ring is 2. The second-order valence-corrected chi connectivity index (χ2v) is 4.09. The van der Waals surface area contributed by atoms with Crippen molar-refractivity contribution in [3.8, 4) is 5.69 Å². The lowest BCUT2D eigenvalue weighted by Gasteiger charge is -2.06. The maximum Gasteiger partial charge on any atom is 0.241 e. The Balaban J connectivity index is 2.61. The van der Waals surface area contributed by atoms with Gasteiger partial charge in [0.05, 0.1) is 5.69 Å². The first kappa shape index (κ1) is 11.0. The fourth-order valence-corrected chi connectivity index (χ4v) is 1.76. The molecular weight excluding hydrogens is 249 g/mol. The number of nitrogens with zero attached hydrogens (tertiary/aromatic N) is 3. The molecule has 1 aromatic carbocycles. The van der Waals surface area contributed by atoms with Crippen molar-refractivity contribution < 1.29 is 0 Å². The Bertz CT molecular complexity index is 526. The fourth-order valence-electron chi connectivity index (χ4n) is 1.28. The van der Waals surface area contributed by atoms with Gasteiger partial charge >= 0.3 is 0 Å². The fraction of sp³-hybridized carbons (Fsp3) is 0.111. The monoisotopic (exact) mass is 257 g/mol. The summed E-state index contributed by atoms with van der Waals surface area (Å²) in [4.78, 5) is 3.79. The number of aromatic nitrogens is 3. The van der Waals surface area contributed by atoms with E-state index in [2.05, 4.69) is 10.1 Å². The zero-order chi connectivity index (χ0) is 11.9. The molecule has 0 saturated heterocycles. The highest BCUT2D eigenvalue weighted by Gasteiger charge is 2.10. The maximum atomic E-state index is 6.01. The third kappa shape index (κ3) is 1.79. The van der Waals surface area contributed by atoms with E-state index < -0.39 is 0 Å². The van der Waals surface area contributed by atoms with Gasteiger partial charge in [0.25, 0.3) is 0 Å². The Morgan fingerprint density at radius 3 is 2.19 bits per heavy atom. The van der Waals surface area contributed by atoms with Crippen LogP contribution < -0.4 is 11.5 Å². The molecule has 16 heavy (non-hydrogen) atoms. The van der Waals surface area contributed by atoms with Crippen LogP contribution in [0.25, 0.3) is 5.69 Å². The highest BCUT2D eigenvalue weighted by atomic mass is 35.5. The number of rotatable bonds is 1. The third-order valence-corrected chi connectivity index (χ3v) is 2.94. The molecule has 2 aromatic rings. The topological polar surface area (TPSA) is 82.8 Å². The van der Waals surface area contributed by atoms with Crippen molar-refractivity contribution >= 4 is 35.1 Å². The predicted octanol–water partition coefficient (Wildman–Crippen LogP) is 2.05. The largest absolute Gasteiger partial charge is 0.368 e. The summed E-state index contributed by atoms with van der Waals surface area (Å²) >= 11 is 12.0. The lowest BCUT2D eigenvalue weighted by molar-refractivity contribution is 0.895. The summed E-state index contributed by atoms with van der Waals surface area (Å²) in [6, 6.07) is 3.40. The van der Waals surface area contributed by atoms with Crippen molar-refractivity contribution in [3.63, 3.8) is 0 Å². The minimum Gasteiger partial charge on any atom is -0.368 e. The van der Waals surface area contributed by atoms with Crippen molar-refractivity contribution in [1.82, 2.24) is 14.8 Å². The molecule has 1 heterocycles. The summed E-state index contributed by atoms with van der Waals surface area (Å²) in [5.41, 5.74) is 12.5. The van der Waals surface area contributed by atoms with Gasteiger partial charge in [-0.25, -0.2) is 0 Å². The zero-order valence-corrected chi connectivity index (χ0v) is 9.92. The molecule has 0 aliphatic carbocycles. The van der Waals surface area contributed by atoms with Crippen LogP contribution in [-0.2, 0) is 0 Å². The summed E-state index contributed by atoms with van der Waals surface area (Å²) in [6.07, 6.45) is 0. The van der Waals surface area contributed by atoms with E-state index in [4.69, 9.17) is 34.7 Å². The minimum atomic E-state index is 0.102. The molecule has 7 heteroatoms. The number of benzene rings is 1. The van der Waals surface area contributed by atoms with Crippen LogP contribution in [0.3, 0.4) is 0 Å². The quantitative estimate of drug-likeness (QED) is 0.819. The molecule has 84 valence electrons. The van der Waals surface area contributed by atoms with Crippen molar-refractivity contribution in [2.75, 3.05) is 11.5 Å². The first-order valence-electron chi connectivity index (χ1n) is 4.43. The maximum absolute atomic E-state index is 6.01. The van der Waals surface area contributed by atoms with Crippen LogP contribution in [0, 0.1) is 6.92 Å². The van der Waals surface area contributed by atoms with Gasteiger partial charge in [0.1, 0.15) is 0 Å². The molecular formula is C9H9Cl2N5. The van der Waals surface area contributed by atoms with Crippen molar-refractivity contribution in [1.29, 1.82) is 0 Å². The third-order valence-electron chi connectivity index (χ3n) is 2.16. The molecule has 0 bridgehead atoms. The molecule has 0 radical (unpaired) electrons. The molecule has 2 rings (SSSR count). The molecule has 0 atom stereocenters. The molecule has 0 saturated carbocycles. The van der Waals surface area contributed by atoms with Gasteiger partial charge in [-0.1, -0.05) is 23.2 Å². The van der Waals surface area contributed by atoms with E-state index in [0.29, 0.717) is 15.7 Å². The lowest BCUT2D eigenvalue weighted by Crippen LogP contribution is -2.03. The number of hydrogen-bond acceptors (Lipinski definition) is 4.